The summed E-state index contributed by atoms with van der Waals surface area (Å²) in [7, 11) is -5.17. The molecule has 6 rings (SSSR count). The first-order valence-electron chi connectivity index (χ1n) is 20.8. The monoisotopic (exact) mass is 1070 g/mol. The van der Waals surface area contributed by atoms with Crippen molar-refractivity contribution in [2.24, 2.45) is 5.73 Å². The zero-order valence-corrected chi connectivity index (χ0v) is 41.8. The van der Waals surface area contributed by atoms with Gasteiger partial charge in [-0.1, -0.05) is 74.6 Å². The Kier molecular flexibility index (Phi) is 19.8. The Labute approximate surface area is 413 Å². The quantitative estimate of drug-likeness (QED) is 0.0535. The maximum absolute atomic E-state index is 12.9. The van der Waals surface area contributed by atoms with Gasteiger partial charge in [-0.05, 0) is 91.2 Å². The number of alkyl halides is 6. The van der Waals surface area contributed by atoms with E-state index in [9.17, 15) is 52.8 Å². The van der Waals surface area contributed by atoms with Crippen molar-refractivity contribution < 1.29 is 67.3 Å². The number of carbonyl (C=O) groups is 2. The number of methoxy groups -OCH3 is 2. The molecule has 1 amide bonds. The summed E-state index contributed by atoms with van der Waals surface area (Å²) in [6.07, 6.45) is -7.96. The number of benzene rings is 4. The lowest BCUT2D eigenvalue weighted by Gasteiger charge is -2.13. The van der Waals surface area contributed by atoms with E-state index >= 15 is 0 Å². The molecule has 0 aliphatic heterocycles. The van der Waals surface area contributed by atoms with E-state index in [0.29, 0.717) is 30.1 Å². The second kappa shape index (κ2) is 24.6. The largest absolute Gasteiger partial charge is 0.496 e. The molecule has 0 aliphatic carbocycles. The fourth-order valence-corrected chi connectivity index (χ4v) is 9.67. The number of aromatic nitrogens is 4. The Morgan fingerprint density at radius 2 is 1.03 bits per heavy atom. The molecular weight excluding hydrogens is 1030 g/mol. The number of rotatable bonds is 17. The molecule has 0 fully saturated rings. The number of carbonyl (C=O) groups excluding carboxylic acids is 1. The van der Waals surface area contributed by atoms with Crippen LogP contribution >= 0.6 is 22.7 Å². The predicted octanol–water partition coefficient (Wildman–Crippen LogP) is 8.84. The highest BCUT2D eigenvalue weighted by Crippen LogP contribution is 2.34. The highest BCUT2D eigenvalue weighted by molar-refractivity contribution is 7.93. The second-order valence-electron chi connectivity index (χ2n) is 15.4. The van der Waals surface area contributed by atoms with Gasteiger partial charge in [-0.15, -0.1) is 20.4 Å². The first-order valence-corrected chi connectivity index (χ1v) is 25.4. The standard InChI is InChI=1S/C22H23F3N4O4S2.C13H18N4O2S2.C9H7F3O3/c1-13(2)20-27-28-21(34-20)29-35(31,32)16-7-4-14(5-8-16)10-11-26-19(30)17-9-6-15(22(23,24)25)12-18(17)33-3;1-9(2)12-15-16-13(20-12)17-21(18,19)11-5-3-10(4-6-11)7-8-14;1-15-7-4-5(9(10,11)12)2-3-6(7)8(13)14/h4-9,12-13H,10-11H2,1-3H3,(H,26,30)(H,28,29);3-6,9H,7-8,14H2,1-2H3,(H,16,17);2-4H,1H3,(H,13,14). The molecule has 0 bridgehead atoms. The lowest BCUT2D eigenvalue weighted by Crippen LogP contribution is -2.26. The minimum Gasteiger partial charge on any atom is -0.496 e. The summed E-state index contributed by atoms with van der Waals surface area (Å²) in [5.74, 6) is -2.06. The topological polar surface area (TPSA) is 255 Å². The molecule has 0 spiro atoms. The average Bonchev–Trinajstić information content (AvgIpc) is 3.98. The highest BCUT2D eigenvalue weighted by Gasteiger charge is 2.33. The number of nitrogens with one attached hydrogen (secondary N) is 3. The summed E-state index contributed by atoms with van der Waals surface area (Å²) in [5.41, 5.74) is 5.05. The fourth-order valence-electron chi connectivity index (χ4n) is 5.72. The molecule has 384 valence electrons. The molecule has 0 atom stereocenters. The third-order valence-corrected chi connectivity index (χ3v) is 14.7. The lowest BCUT2D eigenvalue weighted by molar-refractivity contribution is -0.138. The van der Waals surface area contributed by atoms with Gasteiger partial charge in [0.05, 0.1) is 40.7 Å². The van der Waals surface area contributed by atoms with E-state index in [1.807, 2.05) is 27.7 Å². The van der Waals surface area contributed by atoms with Crippen LogP contribution < -0.4 is 30.0 Å². The van der Waals surface area contributed by atoms with E-state index in [0.717, 1.165) is 65.3 Å². The number of hydrogen-bond acceptors (Lipinski definition) is 15. The molecule has 6 N–H and O–H groups in total. The first kappa shape index (κ1) is 57.2. The van der Waals surface area contributed by atoms with Crippen LogP contribution in [-0.2, 0) is 45.2 Å². The molecule has 17 nitrogen and oxygen atoms in total. The van der Waals surface area contributed by atoms with Gasteiger partial charge in [0.1, 0.15) is 27.1 Å². The normalized spacial score (nSPS) is 11.8. The van der Waals surface area contributed by atoms with Crippen LogP contribution in [0.4, 0.5) is 36.6 Å². The predicted molar refractivity (Wildman–Crippen MR) is 254 cm³/mol. The number of aromatic carboxylic acids is 1. The molecule has 2 heterocycles. The van der Waals surface area contributed by atoms with E-state index in [-0.39, 0.29) is 61.1 Å². The minimum absolute atomic E-state index is 0.0229. The van der Waals surface area contributed by atoms with Crippen molar-refractivity contribution in [2.75, 3.05) is 36.8 Å². The van der Waals surface area contributed by atoms with Crippen molar-refractivity contribution in [1.82, 2.24) is 25.7 Å². The van der Waals surface area contributed by atoms with Crippen molar-refractivity contribution in [2.45, 2.75) is 74.5 Å². The molecule has 0 unspecified atom stereocenters. The summed E-state index contributed by atoms with van der Waals surface area (Å²) in [6.45, 7) is 8.53. The van der Waals surface area contributed by atoms with Gasteiger partial charge >= 0.3 is 18.3 Å². The summed E-state index contributed by atoms with van der Waals surface area (Å²) in [6, 6.07) is 17.6. The molecular formula is C44H48F6N8O9S4. The average molecular weight is 1080 g/mol. The van der Waals surface area contributed by atoms with Gasteiger partial charge in [0.25, 0.3) is 26.0 Å². The number of carboxylic acid groups (broad SMARTS) is 1. The maximum atomic E-state index is 12.9. The Hall–Kier alpha value is -6.42. The van der Waals surface area contributed by atoms with Gasteiger partial charge < -0.3 is 25.6 Å². The molecule has 0 aliphatic rings. The Balaban J connectivity index is 0.000000257. The van der Waals surface area contributed by atoms with Crippen LogP contribution in [0.5, 0.6) is 11.5 Å². The van der Waals surface area contributed by atoms with E-state index in [4.69, 9.17) is 15.6 Å². The van der Waals surface area contributed by atoms with Crippen LogP contribution in [0.15, 0.2) is 94.7 Å². The second-order valence-corrected chi connectivity index (χ2v) is 20.8. The van der Waals surface area contributed by atoms with E-state index in [1.165, 1.54) is 30.6 Å². The van der Waals surface area contributed by atoms with Crippen LogP contribution in [0, 0.1) is 0 Å². The number of nitrogens with two attached hydrogens (primary N) is 1. The van der Waals surface area contributed by atoms with E-state index in [1.54, 1.807) is 36.4 Å². The van der Waals surface area contributed by atoms with Gasteiger partial charge in [-0.25, -0.2) is 21.6 Å². The number of sulfonamides is 2. The Bertz CT molecular complexity index is 2970. The number of hydrogen-bond donors (Lipinski definition) is 5. The highest BCUT2D eigenvalue weighted by atomic mass is 32.2. The van der Waals surface area contributed by atoms with Crippen LogP contribution in [0.25, 0.3) is 0 Å². The van der Waals surface area contributed by atoms with Gasteiger partial charge in [0, 0.05) is 18.4 Å². The van der Waals surface area contributed by atoms with E-state index in [2.05, 4.69) is 39.9 Å². The number of amides is 1. The summed E-state index contributed by atoms with van der Waals surface area (Å²) < 4.78 is 139. The zero-order chi connectivity index (χ0) is 52.9. The van der Waals surface area contributed by atoms with Crippen molar-refractivity contribution in [3.63, 3.8) is 0 Å². The SMILES string of the molecule is CC(C)c1nnc(NS(=O)(=O)c2ccc(CCN)cc2)s1.COc1cc(C(F)(F)F)ccc1C(=O)NCCc1ccc(S(=O)(=O)Nc2nnc(C(C)C)s2)cc1.COc1cc(C(F)(F)F)ccc1C(=O)O. The molecule has 0 radical (unpaired) electrons. The number of anilines is 2. The van der Waals surface area contributed by atoms with Crippen LogP contribution in [0.3, 0.4) is 0 Å². The van der Waals surface area contributed by atoms with Crippen molar-refractivity contribution >= 4 is 64.9 Å². The Morgan fingerprint density at radius 3 is 1.38 bits per heavy atom. The summed E-state index contributed by atoms with van der Waals surface area (Å²) in [4.78, 5) is 23.2. The zero-order valence-electron chi connectivity index (χ0n) is 38.5. The molecule has 71 heavy (non-hydrogen) atoms. The molecule has 0 saturated carbocycles. The van der Waals surface area contributed by atoms with Crippen molar-refractivity contribution in [3.05, 3.63) is 128 Å². The maximum Gasteiger partial charge on any atom is 0.416 e. The number of ether oxygens (including phenoxy) is 2. The van der Waals surface area contributed by atoms with Crippen LogP contribution in [0.2, 0.25) is 0 Å². The van der Waals surface area contributed by atoms with Crippen molar-refractivity contribution in [1.29, 1.82) is 0 Å². The Morgan fingerprint density at radius 1 is 0.634 bits per heavy atom. The van der Waals surface area contributed by atoms with Crippen molar-refractivity contribution in [3.8, 4) is 11.5 Å². The van der Waals surface area contributed by atoms with Gasteiger partial charge in [0.2, 0.25) is 10.3 Å². The molecule has 0 saturated heterocycles. The van der Waals surface area contributed by atoms with Crippen LogP contribution in [0.1, 0.15) is 92.5 Å². The summed E-state index contributed by atoms with van der Waals surface area (Å²) in [5, 5.41) is 28.8. The third kappa shape index (κ3) is 16.6. The molecule has 2 aromatic heterocycles. The third-order valence-electron chi connectivity index (χ3n) is 9.44. The molecule has 4 aromatic carbocycles. The smallest absolute Gasteiger partial charge is 0.416 e. The summed E-state index contributed by atoms with van der Waals surface area (Å²) >= 11 is 2.41. The van der Waals surface area contributed by atoms with Gasteiger partial charge in [-0.2, -0.15) is 26.3 Å². The fraction of sp³-hybridized carbons (Fsp3) is 0.318. The number of halogens is 6. The molecule has 6 aromatic rings. The molecule has 27 heteroatoms. The van der Waals surface area contributed by atoms with E-state index < -0.39 is 55.4 Å². The van der Waals surface area contributed by atoms with Gasteiger partial charge in [0.15, 0.2) is 0 Å². The van der Waals surface area contributed by atoms with Gasteiger partial charge in [-0.3, -0.25) is 14.2 Å². The lowest BCUT2D eigenvalue weighted by atomic mass is 10.1. The number of carboxylic acids is 1. The minimum atomic E-state index is -4.55. The number of nitrogens with zero attached hydrogens (tertiary/aromatic N) is 4. The van der Waals surface area contributed by atoms with Crippen LogP contribution in [-0.4, -0.2) is 81.5 Å². The first-order chi connectivity index (χ1) is 33.2.